The van der Waals surface area contributed by atoms with Crippen LogP contribution in [0.25, 0.3) is 11.1 Å². The fourth-order valence-corrected chi connectivity index (χ4v) is 5.76. The molecule has 0 aromatic heterocycles. The van der Waals surface area contributed by atoms with E-state index in [1.165, 1.54) is 11.6 Å². The van der Waals surface area contributed by atoms with Gasteiger partial charge >= 0.3 is 13.4 Å². The Morgan fingerprint density at radius 2 is 1.48 bits per heavy atom. The molecule has 3 aromatic rings. The Kier molecular flexibility index (Phi) is 5.76. The third kappa shape index (κ3) is 4.84. The predicted molar refractivity (Wildman–Crippen MR) is 125 cm³/mol. The summed E-state index contributed by atoms with van der Waals surface area (Å²) in [4.78, 5) is 11.1. The van der Waals surface area contributed by atoms with Crippen molar-refractivity contribution in [2.45, 2.75) is 13.5 Å². The van der Waals surface area contributed by atoms with Crippen molar-refractivity contribution < 1.29 is 18.7 Å². The molecule has 0 unspecified atom stereocenters. The second kappa shape index (κ2) is 8.72. The lowest BCUT2D eigenvalue weighted by atomic mass is 10.0. The van der Waals surface area contributed by atoms with E-state index in [0.29, 0.717) is 11.3 Å². The predicted octanol–water partition coefficient (Wildman–Crippen LogP) is 5.62. The number of ether oxygens (including phenoxy) is 1. The van der Waals surface area contributed by atoms with Crippen LogP contribution < -0.4 is 4.74 Å². The first-order valence-corrected chi connectivity index (χ1v) is 12.3. The minimum Gasteiger partial charge on any atom is -0.450 e. The molecule has 2 heterocycles. The third-order valence-corrected chi connectivity index (χ3v) is 8.34. The van der Waals surface area contributed by atoms with Crippen molar-refractivity contribution >= 4 is 13.4 Å². The van der Waals surface area contributed by atoms with Gasteiger partial charge in [-0.1, -0.05) is 42.0 Å². The van der Waals surface area contributed by atoms with E-state index >= 15 is 0 Å². The zero-order chi connectivity index (χ0) is 23.0. The molecule has 170 valence electrons. The summed E-state index contributed by atoms with van der Waals surface area (Å²) in [6.45, 7) is 5.19. The lowest BCUT2D eigenvalue weighted by Gasteiger charge is -2.19. The lowest BCUT2D eigenvalue weighted by molar-refractivity contribution is -0.385. The zero-order valence-electron chi connectivity index (χ0n) is 18.2. The van der Waals surface area contributed by atoms with Gasteiger partial charge in [0.15, 0.2) is 0 Å². The normalized spacial score (nSPS) is 15.9. The Balaban J connectivity index is 1.33. The second-order valence-corrected chi connectivity index (χ2v) is 10.6. The van der Waals surface area contributed by atoms with Crippen LogP contribution in [0.4, 0.5) is 5.69 Å². The minimum absolute atomic E-state index is 0.0883. The van der Waals surface area contributed by atoms with Crippen LogP contribution >= 0.6 is 7.67 Å². The van der Waals surface area contributed by atoms with E-state index in [1.54, 1.807) is 24.3 Å². The maximum Gasteiger partial charge on any atom is 0.346 e. The Bertz CT molecular complexity index is 1210. The summed E-state index contributed by atoms with van der Waals surface area (Å²) >= 11 is 0. The van der Waals surface area contributed by atoms with Gasteiger partial charge in [0.05, 0.1) is 11.5 Å². The molecular weight excluding hydrogens is 441 g/mol. The molecule has 9 heteroatoms. The van der Waals surface area contributed by atoms with Gasteiger partial charge in [-0.25, -0.2) is 9.34 Å². The molecule has 33 heavy (non-hydrogen) atoms. The van der Waals surface area contributed by atoms with Crippen LogP contribution in [0.2, 0.25) is 0 Å². The summed E-state index contributed by atoms with van der Waals surface area (Å²) in [6, 6.07) is 20.2. The molecule has 0 spiro atoms. The fraction of sp³-hybridized carbons (Fsp3) is 0.250. The Morgan fingerprint density at radius 1 is 0.909 bits per heavy atom. The molecule has 2 fully saturated rings. The molecule has 0 aliphatic carbocycles. The van der Waals surface area contributed by atoms with Crippen molar-refractivity contribution in [1.29, 1.82) is 0 Å². The minimum atomic E-state index is -2.97. The van der Waals surface area contributed by atoms with Crippen molar-refractivity contribution in [2.24, 2.45) is 0 Å². The summed E-state index contributed by atoms with van der Waals surface area (Å²) in [7, 11) is -2.97. The number of nitrogens with zero attached hydrogens (tertiary/aromatic N) is 3. The quantitative estimate of drug-likeness (QED) is 0.176. The van der Waals surface area contributed by atoms with E-state index in [0.717, 1.165) is 37.3 Å². The first kappa shape index (κ1) is 21.8. The van der Waals surface area contributed by atoms with E-state index in [-0.39, 0.29) is 18.0 Å². The Morgan fingerprint density at radius 3 is 2.03 bits per heavy atom. The molecule has 0 radical (unpaired) electrons. The molecule has 8 nitrogen and oxygen atoms in total. The molecular formula is C24H24N3O5P. The zero-order valence-corrected chi connectivity index (χ0v) is 19.1. The van der Waals surface area contributed by atoms with Crippen LogP contribution in [-0.2, 0) is 15.7 Å². The first-order chi connectivity index (χ1) is 15.9. The standard InChI is InChI=1S/C24H24N3O5P/c1-18-2-5-20(6-3-18)21-7-9-22(10-8-21)32-24-16-19(4-11-23(24)27(28)29)17-31-33(30,25-12-13-25)26-14-15-26/h2-11,16H,12-15,17H2,1H3. The van der Waals surface area contributed by atoms with Gasteiger partial charge in [0, 0.05) is 32.2 Å². The molecule has 0 saturated carbocycles. The van der Waals surface area contributed by atoms with Crippen molar-refractivity contribution in [2.75, 3.05) is 26.2 Å². The second-order valence-electron chi connectivity index (χ2n) is 8.22. The van der Waals surface area contributed by atoms with Crippen LogP contribution in [-0.4, -0.2) is 40.4 Å². The first-order valence-electron chi connectivity index (χ1n) is 10.8. The van der Waals surface area contributed by atoms with Gasteiger partial charge < -0.3 is 9.26 Å². The van der Waals surface area contributed by atoms with E-state index in [4.69, 9.17) is 9.26 Å². The lowest BCUT2D eigenvalue weighted by Crippen LogP contribution is -2.08. The highest BCUT2D eigenvalue weighted by atomic mass is 31.2. The molecule has 0 atom stereocenters. The van der Waals surface area contributed by atoms with Crippen molar-refractivity contribution in [3.8, 4) is 22.6 Å². The van der Waals surface area contributed by atoms with Gasteiger partial charge in [-0.05, 0) is 47.9 Å². The number of aryl methyl sites for hydroxylation is 1. The molecule has 3 aromatic carbocycles. The summed E-state index contributed by atoms with van der Waals surface area (Å²) in [5, 5.41) is 11.5. The summed E-state index contributed by atoms with van der Waals surface area (Å²) < 4.78 is 28.5. The highest BCUT2D eigenvalue weighted by molar-refractivity contribution is 7.54. The maximum absolute atomic E-state index is 13.1. The molecule has 0 N–H and O–H groups in total. The topological polar surface area (TPSA) is 84.7 Å². The SMILES string of the molecule is Cc1ccc(-c2ccc(Oc3cc(COP(=O)(N4CC4)N4CC4)ccc3[N+](=O)[O-])cc2)cc1. The number of nitro groups is 1. The average Bonchev–Trinajstić information content (AvgIpc) is 3.71. The highest BCUT2D eigenvalue weighted by Gasteiger charge is 2.49. The van der Waals surface area contributed by atoms with Crippen molar-refractivity contribution in [1.82, 2.24) is 9.34 Å². The van der Waals surface area contributed by atoms with Gasteiger partial charge in [0.2, 0.25) is 5.75 Å². The molecule has 2 saturated heterocycles. The molecule has 0 bridgehead atoms. The number of nitro benzene ring substituents is 1. The van der Waals surface area contributed by atoms with Crippen LogP contribution in [0.1, 0.15) is 11.1 Å². The van der Waals surface area contributed by atoms with Gasteiger partial charge in [-0.15, -0.1) is 0 Å². The summed E-state index contributed by atoms with van der Waals surface area (Å²) in [5.41, 5.74) is 3.83. The van der Waals surface area contributed by atoms with E-state index in [2.05, 4.69) is 24.3 Å². The van der Waals surface area contributed by atoms with Crippen molar-refractivity contribution in [3.63, 3.8) is 0 Å². The van der Waals surface area contributed by atoms with Gasteiger partial charge in [-0.2, -0.15) is 0 Å². The van der Waals surface area contributed by atoms with Crippen LogP contribution in [0, 0.1) is 17.0 Å². The Hall–Kier alpha value is -3.03. The Labute approximate surface area is 192 Å². The molecule has 2 aliphatic heterocycles. The molecule has 5 rings (SSSR count). The van der Waals surface area contributed by atoms with E-state index in [9.17, 15) is 14.7 Å². The average molecular weight is 465 g/mol. The number of rotatable bonds is 9. The largest absolute Gasteiger partial charge is 0.450 e. The van der Waals surface area contributed by atoms with E-state index in [1.807, 2.05) is 28.4 Å². The fourth-order valence-electron chi connectivity index (χ4n) is 3.57. The van der Waals surface area contributed by atoms with E-state index < -0.39 is 12.6 Å². The van der Waals surface area contributed by atoms with Crippen LogP contribution in [0.5, 0.6) is 11.5 Å². The number of hydrogen-bond acceptors (Lipinski definition) is 5. The summed E-state index contributed by atoms with van der Waals surface area (Å²) in [5.74, 6) is 0.614. The van der Waals surface area contributed by atoms with Gasteiger partial charge in [0.1, 0.15) is 5.75 Å². The molecule has 0 amide bonds. The monoisotopic (exact) mass is 465 g/mol. The van der Waals surface area contributed by atoms with Gasteiger partial charge in [-0.3, -0.25) is 14.7 Å². The number of hydrogen-bond donors (Lipinski definition) is 0. The van der Waals surface area contributed by atoms with Crippen LogP contribution in [0.3, 0.4) is 0 Å². The third-order valence-electron chi connectivity index (χ3n) is 5.65. The molecule has 2 aliphatic rings. The maximum atomic E-state index is 13.1. The number of benzene rings is 3. The van der Waals surface area contributed by atoms with Crippen LogP contribution in [0.15, 0.2) is 66.7 Å². The summed E-state index contributed by atoms with van der Waals surface area (Å²) in [6.07, 6.45) is 0. The highest BCUT2D eigenvalue weighted by Crippen LogP contribution is 2.61. The van der Waals surface area contributed by atoms with Crippen molar-refractivity contribution in [3.05, 3.63) is 88.0 Å². The smallest absolute Gasteiger partial charge is 0.346 e. The van der Waals surface area contributed by atoms with Gasteiger partial charge in [0.25, 0.3) is 0 Å².